The van der Waals surface area contributed by atoms with Crippen LogP contribution in [0.15, 0.2) is 46.9 Å². The third-order valence-electron chi connectivity index (χ3n) is 6.94. The van der Waals surface area contributed by atoms with E-state index in [4.69, 9.17) is 23.4 Å². The number of methoxy groups -OCH3 is 2. The molecule has 0 aliphatic carbocycles. The number of carbonyl (C=O) groups is 3. The predicted molar refractivity (Wildman–Crippen MR) is 157 cm³/mol. The fraction of sp³-hybridized carbons (Fsp3) is 0.419. The summed E-state index contributed by atoms with van der Waals surface area (Å²) in [6.07, 6.45) is 0.400. The van der Waals surface area contributed by atoms with Gasteiger partial charge in [-0.2, -0.15) is 0 Å². The lowest BCUT2D eigenvalue weighted by molar-refractivity contribution is -0.138. The molecule has 12 nitrogen and oxygen atoms in total. The van der Waals surface area contributed by atoms with Crippen molar-refractivity contribution in [1.82, 2.24) is 20.5 Å². The first-order valence-corrected chi connectivity index (χ1v) is 14.1. The van der Waals surface area contributed by atoms with Crippen LogP contribution in [0.3, 0.4) is 0 Å². The summed E-state index contributed by atoms with van der Waals surface area (Å²) in [5, 5.41) is 5.63. The average molecular weight is 595 g/mol. The van der Waals surface area contributed by atoms with E-state index in [0.717, 1.165) is 0 Å². The number of ether oxygens (including phenoxy) is 4. The van der Waals surface area contributed by atoms with E-state index in [-0.39, 0.29) is 44.7 Å². The number of hydrogen-bond acceptors (Lipinski definition) is 9. The van der Waals surface area contributed by atoms with Gasteiger partial charge in [-0.1, -0.05) is 26.0 Å². The largest absolute Gasteiger partial charge is 0.493 e. The van der Waals surface area contributed by atoms with Crippen molar-refractivity contribution in [1.29, 1.82) is 0 Å². The Hall–Kier alpha value is -4.74. The number of benzene rings is 2. The Balaban J connectivity index is 1.58. The van der Waals surface area contributed by atoms with Crippen molar-refractivity contribution >= 4 is 17.7 Å². The van der Waals surface area contributed by atoms with Crippen molar-refractivity contribution in [3.05, 3.63) is 53.9 Å². The van der Waals surface area contributed by atoms with E-state index in [1.807, 2.05) is 19.9 Å². The summed E-state index contributed by atoms with van der Waals surface area (Å²) >= 11 is 0. The van der Waals surface area contributed by atoms with Gasteiger partial charge in [-0.25, -0.2) is 4.98 Å². The fourth-order valence-corrected chi connectivity index (χ4v) is 4.54. The Morgan fingerprint density at radius 3 is 2.56 bits per heavy atom. The molecule has 2 heterocycles. The molecule has 1 aliphatic rings. The molecule has 0 fully saturated rings. The molecule has 230 valence electrons. The molecule has 3 aromatic rings. The lowest BCUT2D eigenvalue weighted by Gasteiger charge is -2.26. The van der Waals surface area contributed by atoms with Crippen LogP contribution >= 0.6 is 0 Å². The average Bonchev–Trinajstić information content (AvgIpc) is 3.38. The van der Waals surface area contributed by atoms with E-state index in [2.05, 4.69) is 15.6 Å². The van der Waals surface area contributed by atoms with Gasteiger partial charge in [0.1, 0.15) is 17.5 Å². The zero-order chi connectivity index (χ0) is 30.9. The molecule has 4 rings (SSSR count). The topological polar surface area (TPSA) is 141 Å². The lowest BCUT2D eigenvalue weighted by atomic mass is 10.0. The minimum Gasteiger partial charge on any atom is -0.493 e. The van der Waals surface area contributed by atoms with Gasteiger partial charge in [0.25, 0.3) is 5.91 Å². The molecule has 1 aliphatic heterocycles. The minimum absolute atomic E-state index is 0.109. The lowest BCUT2D eigenvalue weighted by Crippen LogP contribution is -2.52. The van der Waals surface area contributed by atoms with Crippen LogP contribution in [0.2, 0.25) is 0 Å². The third kappa shape index (κ3) is 7.97. The second-order valence-corrected chi connectivity index (χ2v) is 10.4. The van der Waals surface area contributed by atoms with Crippen molar-refractivity contribution in [2.45, 2.75) is 39.8 Å². The first kappa shape index (κ1) is 31.2. The van der Waals surface area contributed by atoms with Gasteiger partial charge in [0.15, 0.2) is 29.6 Å². The van der Waals surface area contributed by atoms with Gasteiger partial charge in [-0.3, -0.25) is 14.4 Å². The molecular formula is C31H38N4O8. The summed E-state index contributed by atoms with van der Waals surface area (Å²) < 4.78 is 28.4. The number of aryl methyl sites for hydroxylation is 1. The number of oxazole rings is 1. The van der Waals surface area contributed by atoms with Crippen molar-refractivity contribution in [3.63, 3.8) is 0 Å². The van der Waals surface area contributed by atoms with E-state index in [1.165, 1.54) is 12.0 Å². The highest BCUT2D eigenvalue weighted by molar-refractivity contribution is 5.90. The highest BCUT2D eigenvalue weighted by Gasteiger charge is 2.27. The normalized spacial score (nSPS) is 16.3. The highest BCUT2D eigenvalue weighted by Crippen LogP contribution is 2.33. The number of rotatable bonds is 6. The smallest absolute Gasteiger partial charge is 0.260 e. The Morgan fingerprint density at radius 1 is 1.09 bits per heavy atom. The van der Waals surface area contributed by atoms with Crippen molar-refractivity contribution in [2.24, 2.45) is 5.92 Å². The quantitative estimate of drug-likeness (QED) is 0.440. The van der Waals surface area contributed by atoms with Crippen LogP contribution < -0.4 is 29.6 Å². The molecule has 3 amide bonds. The summed E-state index contributed by atoms with van der Waals surface area (Å²) in [7, 11) is 3.06. The van der Waals surface area contributed by atoms with Gasteiger partial charge in [0.2, 0.25) is 17.7 Å². The summed E-state index contributed by atoms with van der Waals surface area (Å²) in [5.74, 6) is 1.34. The Morgan fingerprint density at radius 2 is 1.84 bits per heavy atom. The van der Waals surface area contributed by atoms with Gasteiger partial charge < -0.3 is 38.9 Å². The molecule has 0 unspecified atom stereocenters. The van der Waals surface area contributed by atoms with Gasteiger partial charge >= 0.3 is 0 Å². The molecule has 1 aromatic heterocycles. The zero-order valence-electron chi connectivity index (χ0n) is 25.1. The van der Waals surface area contributed by atoms with Crippen LogP contribution in [-0.2, 0) is 20.9 Å². The van der Waals surface area contributed by atoms with E-state index >= 15 is 0 Å². The van der Waals surface area contributed by atoms with Crippen LogP contribution in [0.4, 0.5) is 0 Å². The van der Waals surface area contributed by atoms with Gasteiger partial charge in [0.05, 0.1) is 33.9 Å². The second-order valence-electron chi connectivity index (χ2n) is 10.4. The number of fused-ring (bicyclic) bond motifs is 5. The van der Waals surface area contributed by atoms with Gasteiger partial charge in [-0.05, 0) is 49.6 Å². The first-order valence-electron chi connectivity index (χ1n) is 14.1. The molecule has 0 radical (unpaired) electrons. The van der Waals surface area contributed by atoms with Crippen molar-refractivity contribution < 1.29 is 37.7 Å². The molecule has 12 heteroatoms. The maximum Gasteiger partial charge on any atom is 0.260 e. The molecular weight excluding hydrogens is 556 g/mol. The Bertz CT molecular complexity index is 1440. The summed E-state index contributed by atoms with van der Waals surface area (Å²) in [6, 6.07) is 11.5. The number of nitrogens with zero attached hydrogens (tertiary/aromatic N) is 2. The number of para-hydroxylation sites is 2. The second kappa shape index (κ2) is 14.4. The summed E-state index contributed by atoms with van der Waals surface area (Å²) in [6.45, 7) is 5.39. The number of nitrogens with one attached hydrogen (secondary N) is 2. The van der Waals surface area contributed by atoms with Crippen LogP contribution in [0.25, 0.3) is 11.5 Å². The van der Waals surface area contributed by atoms with Gasteiger partial charge in [0, 0.05) is 12.1 Å². The molecule has 43 heavy (non-hydrogen) atoms. The molecule has 0 saturated heterocycles. The molecule has 2 aromatic carbocycles. The number of carbonyl (C=O) groups excluding carboxylic acids is 3. The van der Waals surface area contributed by atoms with Crippen molar-refractivity contribution in [3.8, 4) is 34.5 Å². The van der Waals surface area contributed by atoms with Crippen LogP contribution in [0, 0.1) is 12.8 Å². The predicted octanol–water partition coefficient (Wildman–Crippen LogP) is 3.11. The zero-order valence-corrected chi connectivity index (χ0v) is 25.1. The SMILES string of the molecule is COc1ccc2cc1OCCCN(C(=O)COc1ccccc1OC)CC(=O)N[C@@H](C(C)C)C(=O)NCc1nc-2oc1C. The maximum absolute atomic E-state index is 13.3. The number of aromatic nitrogens is 1. The minimum atomic E-state index is -0.827. The summed E-state index contributed by atoms with van der Waals surface area (Å²) in [5.41, 5.74) is 1.23. The van der Waals surface area contributed by atoms with E-state index in [1.54, 1.807) is 50.4 Å². The fourth-order valence-electron chi connectivity index (χ4n) is 4.54. The van der Waals surface area contributed by atoms with Gasteiger partial charge in [-0.15, -0.1) is 0 Å². The third-order valence-corrected chi connectivity index (χ3v) is 6.94. The van der Waals surface area contributed by atoms with Crippen LogP contribution in [-0.4, -0.2) is 74.2 Å². The molecule has 0 spiro atoms. The van der Waals surface area contributed by atoms with Crippen molar-refractivity contribution in [2.75, 3.05) is 40.5 Å². The van der Waals surface area contributed by atoms with E-state index in [0.29, 0.717) is 52.3 Å². The van der Waals surface area contributed by atoms with E-state index < -0.39 is 17.9 Å². The van der Waals surface area contributed by atoms with E-state index in [9.17, 15) is 14.4 Å². The highest BCUT2D eigenvalue weighted by atomic mass is 16.5. The Kier molecular flexibility index (Phi) is 10.5. The number of hydrogen-bond donors (Lipinski definition) is 2. The first-order chi connectivity index (χ1) is 20.7. The van der Waals surface area contributed by atoms with Crippen LogP contribution in [0.5, 0.6) is 23.0 Å². The molecule has 4 bridgehead atoms. The number of amides is 3. The van der Waals surface area contributed by atoms with Crippen LogP contribution in [0.1, 0.15) is 31.7 Å². The molecule has 1 atom stereocenters. The molecule has 2 N–H and O–H groups in total. The standard InChI is InChI=1S/C31H38N4O8/c1-19(2)29-30(38)32-16-22-20(3)43-31(33-22)21-11-12-24(40-5)26(15-21)41-14-8-13-35(17-27(36)34-29)28(37)18-42-25-10-7-6-9-23(25)39-4/h6-7,9-12,15,19,29H,8,13-14,16-18H2,1-5H3,(H,32,38)(H,34,36)/t29-/m0/s1. The Labute approximate surface area is 250 Å². The maximum atomic E-state index is 13.3. The molecule has 0 saturated carbocycles. The monoisotopic (exact) mass is 594 g/mol. The summed E-state index contributed by atoms with van der Waals surface area (Å²) in [4.78, 5) is 45.5.